The number of nitrogens with zero attached hydrogens (tertiary/aromatic N) is 1. The fourth-order valence-electron chi connectivity index (χ4n) is 1.77. The van der Waals surface area contributed by atoms with Crippen LogP contribution in [0.5, 0.6) is 0 Å². The number of hydrogen-bond acceptors (Lipinski definition) is 2. The van der Waals surface area contributed by atoms with Gasteiger partial charge >= 0.3 is 0 Å². The van der Waals surface area contributed by atoms with Crippen molar-refractivity contribution in [2.24, 2.45) is 5.10 Å². The number of halogens is 2. The summed E-state index contributed by atoms with van der Waals surface area (Å²) in [5, 5.41) is 4.85. The fourth-order valence-corrected chi connectivity index (χ4v) is 2.07. The molecule has 2 aromatic rings. The van der Waals surface area contributed by atoms with Gasteiger partial charge in [-0.2, -0.15) is 5.10 Å². The van der Waals surface area contributed by atoms with Crippen LogP contribution in [0.4, 0.5) is 0 Å². The minimum absolute atomic E-state index is 0.333. The molecule has 21 heavy (non-hydrogen) atoms. The maximum atomic E-state index is 12.0. The lowest BCUT2D eigenvalue weighted by Gasteiger charge is -2.05. The van der Waals surface area contributed by atoms with Gasteiger partial charge in [0.05, 0.1) is 15.8 Å². The van der Waals surface area contributed by atoms with E-state index in [1.54, 1.807) is 12.1 Å². The van der Waals surface area contributed by atoms with Crippen molar-refractivity contribution in [2.75, 3.05) is 0 Å². The zero-order valence-corrected chi connectivity index (χ0v) is 13.2. The van der Waals surface area contributed by atoms with E-state index >= 15 is 0 Å². The molecule has 1 N–H and O–H groups in total. The van der Waals surface area contributed by atoms with E-state index in [4.69, 9.17) is 23.2 Å². The van der Waals surface area contributed by atoms with E-state index in [1.165, 1.54) is 6.07 Å². The lowest BCUT2D eigenvalue weighted by molar-refractivity contribution is 0.0955. The van der Waals surface area contributed by atoms with Crippen LogP contribution >= 0.6 is 23.2 Å². The average molecular weight is 321 g/mol. The smallest absolute Gasteiger partial charge is 0.267 e. The van der Waals surface area contributed by atoms with Gasteiger partial charge < -0.3 is 0 Å². The number of aryl methyl sites for hydroxylation is 1. The molecule has 2 aromatic carbocycles. The largest absolute Gasteiger partial charge is 0.271 e. The highest BCUT2D eigenvalue weighted by Gasteiger charge is 2.07. The molecule has 3 nitrogen and oxygen atoms in total. The number of hydrazone groups is 1. The predicted molar refractivity (Wildman–Crippen MR) is 87.3 cm³/mol. The molecule has 2 rings (SSSR count). The zero-order valence-electron chi connectivity index (χ0n) is 11.7. The minimum atomic E-state index is -0.333. The number of carbonyl (C=O) groups is 1. The van der Waals surface area contributed by atoms with Crippen molar-refractivity contribution in [3.63, 3.8) is 0 Å². The zero-order chi connectivity index (χ0) is 15.4. The molecule has 0 spiro atoms. The van der Waals surface area contributed by atoms with E-state index in [1.807, 2.05) is 38.1 Å². The van der Waals surface area contributed by atoms with Crippen molar-refractivity contribution in [3.8, 4) is 0 Å². The van der Waals surface area contributed by atoms with Crippen LogP contribution in [0.3, 0.4) is 0 Å². The van der Waals surface area contributed by atoms with Gasteiger partial charge in [0.25, 0.3) is 5.91 Å². The average Bonchev–Trinajstić information content (AvgIpc) is 2.47. The van der Waals surface area contributed by atoms with Crippen LogP contribution in [0.1, 0.15) is 28.4 Å². The van der Waals surface area contributed by atoms with Crippen LogP contribution in [0.15, 0.2) is 47.6 Å². The quantitative estimate of drug-likeness (QED) is 0.658. The second kappa shape index (κ2) is 6.74. The maximum absolute atomic E-state index is 12.0. The summed E-state index contributed by atoms with van der Waals surface area (Å²) in [5.74, 6) is -0.333. The SMILES string of the molecule is CC(=NNC(=O)c1ccc(Cl)c(Cl)c1)c1cccc(C)c1. The molecule has 0 unspecified atom stereocenters. The molecule has 0 aromatic heterocycles. The van der Waals surface area contributed by atoms with Crippen molar-refractivity contribution in [1.29, 1.82) is 0 Å². The number of nitrogens with one attached hydrogen (secondary N) is 1. The topological polar surface area (TPSA) is 41.5 Å². The number of benzene rings is 2. The van der Waals surface area contributed by atoms with E-state index < -0.39 is 0 Å². The van der Waals surface area contributed by atoms with Crippen molar-refractivity contribution in [1.82, 2.24) is 5.43 Å². The Hall–Kier alpha value is -1.84. The van der Waals surface area contributed by atoms with E-state index in [0.29, 0.717) is 15.6 Å². The molecule has 0 aliphatic carbocycles. The monoisotopic (exact) mass is 320 g/mol. The molecule has 0 saturated heterocycles. The van der Waals surface area contributed by atoms with Gasteiger partial charge in [-0.25, -0.2) is 5.43 Å². The summed E-state index contributed by atoms with van der Waals surface area (Å²) in [7, 11) is 0. The lowest BCUT2D eigenvalue weighted by atomic mass is 10.1. The number of rotatable bonds is 3. The molecule has 0 fully saturated rings. The lowest BCUT2D eigenvalue weighted by Crippen LogP contribution is -2.19. The Morgan fingerprint density at radius 1 is 1.05 bits per heavy atom. The minimum Gasteiger partial charge on any atom is -0.267 e. The number of amides is 1. The van der Waals surface area contributed by atoms with Crippen LogP contribution in [-0.4, -0.2) is 11.6 Å². The standard InChI is InChI=1S/C16H14Cl2N2O/c1-10-4-3-5-12(8-10)11(2)19-20-16(21)13-6-7-14(17)15(18)9-13/h3-9H,1-2H3,(H,20,21). The highest BCUT2D eigenvalue weighted by molar-refractivity contribution is 6.42. The molecule has 0 saturated carbocycles. The summed E-state index contributed by atoms with van der Waals surface area (Å²) >= 11 is 11.7. The Balaban J connectivity index is 2.12. The molecule has 0 aliphatic rings. The number of hydrogen-bond donors (Lipinski definition) is 1. The van der Waals surface area contributed by atoms with Crippen molar-refractivity contribution < 1.29 is 4.79 Å². The van der Waals surface area contributed by atoms with E-state index in [2.05, 4.69) is 10.5 Å². The van der Waals surface area contributed by atoms with Crippen LogP contribution in [0, 0.1) is 6.92 Å². The second-order valence-electron chi connectivity index (χ2n) is 4.64. The first kappa shape index (κ1) is 15.5. The molecule has 0 atom stereocenters. The second-order valence-corrected chi connectivity index (χ2v) is 5.45. The highest BCUT2D eigenvalue weighted by atomic mass is 35.5. The fraction of sp³-hybridized carbons (Fsp3) is 0.125. The first-order valence-electron chi connectivity index (χ1n) is 6.34. The third-order valence-electron chi connectivity index (χ3n) is 2.94. The normalized spacial score (nSPS) is 11.3. The molecule has 0 radical (unpaired) electrons. The first-order valence-corrected chi connectivity index (χ1v) is 7.09. The van der Waals surface area contributed by atoms with E-state index in [0.717, 1.165) is 16.8 Å². The van der Waals surface area contributed by atoms with Gasteiger partial charge in [-0.3, -0.25) is 4.79 Å². The van der Waals surface area contributed by atoms with Gasteiger partial charge in [-0.1, -0.05) is 53.0 Å². The third-order valence-corrected chi connectivity index (χ3v) is 3.68. The van der Waals surface area contributed by atoms with Gasteiger partial charge in [-0.05, 0) is 37.6 Å². The Morgan fingerprint density at radius 2 is 1.81 bits per heavy atom. The molecule has 1 amide bonds. The predicted octanol–water partition coefficient (Wildman–Crippen LogP) is 4.46. The Bertz CT molecular complexity index is 711. The summed E-state index contributed by atoms with van der Waals surface area (Å²) in [6.45, 7) is 3.84. The van der Waals surface area contributed by atoms with E-state index in [-0.39, 0.29) is 5.91 Å². The van der Waals surface area contributed by atoms with Crippen LogP contribution in [0.2, 0.25) is 10.0 Å². The molecular formula is C16H14Cl2N2O. The molecule has 108 valence electrons. The van der Waals surface area contributed by atoms with Crippen LogP contribution < -0.4 is 5.43 Å². The van der Waals surface area contributed by atoms with Gasteiger partial charge in [-0.15, -0.1) is 0 Å². The van der Waals surface area contributed by atoms with Gasteiger partial charge in [0.1, 0.15) is 0 Å². The number of carbonyl (C=O) groups excluding carboxylic acids is 1. The van der Waals surface area contributed by atoms with Crippen molar-refractivity contribution >= 4 is 34.8 Å². The van der Waals surface area contributed by atoms with Crippen LogP contribution in [0.25, 0.3) is 0 Å². The summed E-state index contributed by atoms with van der Waals surface area (Å²) in [6, 6.07) is 12.6. The molecular weight excluding hydrogens is 307 g/mol. The highest BCUT2D eigenvalue weighted by Crippen LogP contribution is 2.22. The summed E-state index contributed by atoms with van der Waals surface area (Å²) in [4.78, 5) is 12.0. The molecule has 0 aliphatic heterocycles. The van der Waals surface area contributed by atoms with Crippen molar-refractivity contribution in [2.45, 2.75) is 13.8 Å². The molecule has 5 heteroatoms. The molecule has 0 heterocycles. The Morgan fingerprint density at radius 3 is 2.48 bits per heavy atom. The third kappa shape index (κ3) is 4.06. The van der Waals surface area contributed by atoms with Crippen LogP contribution in [-0.2, 0) is 0 Å². The van der Waals surface area contributed by atoms with Gasteiger partial charge in [0.2, 0.25) is 0 Å². The summed E-state index contributed by atoms with van der Waals surface area (Å²) in [5.41, 5.74) is 5.75. The van der Waals surface area contributed by atoms with Gasteiger partial charge in [0.15, 0.2) is 0 Å². The van der Waals surface area contributed by atoms with E-state index in [9.17, 15) is 4.79 Å². The Labute approximate surface area is 133 Å². The Kier molecular flexibility index (Phi) is 4.99. The van der Waals surface area contributed by atoms with Gasteiger partial charge in [0, 0.05) is 5.56 Å². The summed E-state index contributed by atoms with van der Waals surface area (Å²) in [6.07, 6.45) is 0. The first-order chi connectivity index (χ1) is 9.97. The molecule has 0 bridgehead atoms. The summed E-state index contributed by atoms with van der Waals surface area (Å²) < 4.78 is 0. The van der Waals surface area contributed by atoms with Crippen molar-refractivity contribution in [3.05, 3.63) is 69.2 Å². The maximum Gasteiger partial charge on any atom is 0.271 e.